The number of rotatable bonds is 5. The summed E-state index contributed by atoms with van der Waals surface area (Å²) >= 11 is 0. The molecular weight excluding hydrogens is 414 g/mol. The van der Waals surface area contributed by atoms with Crippen LogP contribution in [-0.4, -0.2) is 25.1 Å². The summed E-state index contributed by atoms with van der Waals surface area (Å²) in [6.45, 7) is 4.00. The Morgan fingerprint density at radius 3 is 2.45 bits per heavy atom. The SMILES string of the molecule is CCCC1(CCC)C(=O)C(C2=NS(=O)(=O)c3cc([NH])ccc3N2)=C(O)c2ccccc21. The average molecular weight is 439 g/mol. The van der Waals surface area contributed by atoms with E-state index in [9.17, 15) is 18.3 Å². The van der Waals surface area contributed by atoms with E-state index in [0.29, 0.717) is 18.4 Å². The van der Waals surface area contributed by atoms with E-state index in [1.54, 1.807) is 12.1 Å². The van der Waals surface area contributed by atoms with Crippen molar-refractivity contribution in [2.24, 2.45) is 4.40 Å². The maximum Gasteiger partial charge on any atom is 0.286 e. The van der Waals surface area contributed by atoms with Crippen LogP contribution in [0.4, 0.5) is 11.4 Å². The predicted molar refractivity (Wildman–Crippen MR) is 120 cm³/mol. The molecular formula is C23H24N3O4S. The number of nitrogens with one attached hydrogen (secondary N) is 2. The maximum atomic E-state index is 13.9. The number of carbonyl (C=O) groups excluding carboxylic acids is 1. The summed E-state index contributed by atoms with van der Waals surface area (Å²) in [6.07, 6.45) is 2.65. The highest BCUT2D eigenvalue weighted by Gasteiger charge is 2.48. The van der Waals surface area contributed by atoms with Crippen molar-refractivity contribution in [3.8, 4) is 0 Å². The number of fused-ring (bicyclic) bond motifs is 2. The second-order valence-corrected chi connectivity index (χ2v) is 9.50. The fourth-order valence-corrected chi connectivity index (χ4v) is 5.82. The Kier molecular flexibility index (Phi) is 5.13. The lowest BCUT2D eigenvalue weighted by Gasteiger charge is -2.39. The Hall–Kier alpha value is -3.13. The third kappa shape index (κ3) is 3.22. The van der Waals surface area contributed by atoms with Gasteiger partial charge in [0.15, 0.2) is 11.6 Å². The molecule has 0 saturated heterocycles. The number of amidine groups is 1. The molecule has 161 valence electrons. The van der Waals surface area contributed by atoms with Crippen molar-refractivity contribution in [2.45, 2.75) is 49.8 Å². The first-order valence-corrected chi connectivity index (χ1v) is 11.7. The van der Waals surface area contributed by atoms with Crippen molar-refractivity contribution < 1.29 is 18.3 Å². The van der Waals surface area contributed by atoms with Crippen LogP contribution < -0.4 is 11.1 Å². The number of Topliss-reactive ketones (excluding diaryl/α,β-unsaturated/α-hetero) is 1. The number of benzene rings is 2. The summed E-state index contributed by atoms with van der Waals surface area (Å²) in [5.41, 5.74) is 8.29. The highest BCUT2D eigenvalue weighted by atomic mass is 32.2. The third-order valence-corrected chi connectivity index (χ3v) is 7.23. The standard InChI is InChI=1S/C23H24N3O4S/c1-3-11-23(12-4-2)16-8-6-5-7-15(16)20(27)19(21(23)28)22-25-17-10-9-14(24)13-18(17)31(29,30)26-22/h5-10,13,24,27H,3-4,11-12H2,1-2H3,(H,25,26). The van der Waals surface area contributed by atoms with Gasteiger partial charge in [0.05, 0.1) is 16.8 Å². The minimum atomic E-state index is -4.14. The molecule has 1 aliphatic heterocycles. The molecule has 0 bridgehead atoms. The van der Waals surface area contributed by atoms with Gasteiger partial charge in [0.1, 0.15) is 16.2 Å². The van der Waals surface area contributed by atoms with Gasteiger partial charge in [-0.15, -0.1) is 4.40 Å². The number of carbonyl (C=O) groups is 1. The van der Waals surface area contributed by atoms with Gasteiger partial charge >= 0.3 is 0 Å². The Bertz CT molecular complexity index is 1240. The van der Waals surface area contributed by atoms with Crippen molar-refractivity contribution in [3.63, 3.8) is 0 Å². The lowest BCUT2D eigenvalue weighted by molar-refractivity contribution is -0.121. The number of anilines is 1. The molecule has 0 spiro atoms. The summed E-state index contributed by atoms with van der Waals surface area (Å²) in [7, 11) is -4.14. The molecule has 8 heteroatoms. The normalized spacial score (nSPS) is 18.6. The fraction of sp³-hybridized carbons (Fsp3) is 0.304. The molecule has 2 aromatic rings. The molecule has 1 heterocycles. The van der Waals surface area contributed by atoms with Crippen LogP contribution in [0.15, 0.2) is 57.3 Å². The summed E-state index contributed by atoms with van der Waals surface area (Å²) in [5, 5.41) is 14.0. The van der Waals surface area contributed by atoms with Crippen molar-refractivity contribution in [1.82, 2.24) is 5.73 Å². The predicted octanol–water partition coefficient (Wildman–Crippen LogP) is 4.50. The summed E-state index contributed by atoms with van der Waals surface area (Å²) in [5.74, 6) is -0.779. The molecule has 4 rings (SSSR count). The van der Waals surface area contributed by atoms with Gasteiger partial charge in [0, 0.05) is 5.56 Å². The highest BCUT2D eigenvalue weighted by molar-refractivity contribution is 7.90. The molecule has 0 amide bonds. The first-order chi connectivity index (χ1) is 14.7. The molecule has 2 aromatic carbocycles. The van der Waals surface area contributed by atoms with Gasteiger partial charge in [-0.2, -0.15) is 8.42 Å². The minimum absolute atomic E-state index is 0.0393. The number of aliphatic hydroxyl groups excluding tert-OH is 1. The van der Waals surface area contributed by atoms with Crippen LogP contribution in [0.1, 0.15) is 50.7 Å². The van der Waals surface area contributed by atoms with Crippen LogP contribution in [0.2, 0.25) is 0 Å². The summed E-state index contributed by atoms with van der Waals surface area (Å²) in [4.78, 5) is 13.8. The average Bonchev–Trinajstić information content (AvgIpc) is 2.73. The lowest BCUT2D eigenvalue weighted by atomic mass is 9.63. The Morgan fingerprint density at radius 2 is 1.77 bits per heavy atom. The van der Waals surface area contributed by atoms with Crippen LogP contribution in [0, 0.1) is 0 Å². The zero-order valence-electron chi connectivity index (χ0n) is 17.4. The van der Waals surface area contributed by atoms with Crippen molar-refractivity contribution >= 4 is 38.8 Å². The molecule has 3 N–H and O–H groups in total. The molecule has 7 nitrogen and oxygen atoms in total. The van der Waals surface area contributed by atoms with Crippen molar-refractivity contribution in [1.29, 1.82) is 0 Å². The second kappa shape index (κ2) is 7.53. The number of sulfonamides is 1. The largest absolute Gasteiger partial charge is 0.506 e. The van der Waals surface area contributed by atoms with E-state index >= 15 is 0 Å². The van der Waals surface area contributed by atoms with Crippen molar-refractivity contribution in [3.05, 3.63) is 59.2 Å². The minimum Gasteiger partial charge on any atom is -0.506 e. The van der Waals surface area contributed by atoms with Gasteiger partial charge in [-0.25, -0.2) is 0 Å². The molecule has 31 heavy (non-hydrogen) atoms. The quantitative estimate of drug-likeness (QED) is 0.712. The van der Waals surface area contributed by atoms with E-state index in [1.165, 1.54) is 18.2 Å². The smallest absolute Gasteiger partial charge is 0.286 e. The van der Waals surface area contributed by atoms with Gasteiger partial charge in [-0.1, -0.05) is 51.0 Å². The van der Waals surface area contributed by atoms with Gasteiger partial charge in [-0.05, 0) is 36.6 Å². The number of nitrogens with zero attached hydrogens (tertiary/aromatic N) is 1. The highest BCUT2D eigenvalue weighted by Crippen LogP contribution is 2.46. The topological polar surface area (TPSA) is 120 Å². The molecule has 0 unspecified atom stereocenters. The van der Waals surface area contributed by atoms with E-state index in [0.717, 1.165) is 18.4 Å². The van der Waals surface area contributed by atoms with Gasteiger partial charge in [0.25, 0.3) is 10.0 Å². The van der Waals surface area contributed by atoms with Crippen LogP contribution in [0.3, 0.4) is 0 Å². The van der Waals surface area contributed by atoms with E-state index in [2.05, 4.69) is 9.71 Å². The number of hydrogen-bond acceptors (Lipinski definition) is 5. The van der Waals surface area contributed by atoms with Gasteiger partial charge in [-0.3, -0.25) is 4.79 Å². The molecule has 0 fully saturated rings. The number of ketones is 1. The van der Waals surface area contributed by atoms with Crippen LogP contribution in [0.5, 0.6) is 0 Å². The van der Waals surface area contributed by atoms with Crippen molar-refractivity contribution in [2.75, 3.05) is 5.32 Å². The molecule has 1 aliphatic carbocycles. The van der Waals surface area contributed by atoms with Crippen LogP contribution in [0.25, 0.3) is 5.76 Å². The van der Waals surface area contributed by atoms with Crippen LogP contribution >= 0.6 is 0 Å². The Morgan fingerprint density at radius 1 is 1.10 bits per heavy atom. The van der Waals surface area contributed by atoms with E-state index in [-0.39, 0.29) is 39.2 Å². The zero-order chi connectivity index (χ0) is 22.4. The zero-order valence-corrected chi connectivity index (χ0v) is 18.2. The van der Waals surface area contributed by atoms with E-state index < -0.39 is 15.4 Å². The van der Waals surface area contributed by atoms with Gasteiger partial charge in [0.2, 0.25) is 0 Å². The van der Waals surface area contributed by atoms with E-state index in [1.807, 2.05) is 26.0 Å². The molecule has 0 aromatic heterocycles. The Labute approximate surface area is 181 Å². The fourth-order valence-electron chi connectivity index (χ4n) is 4.67. The molecule has 1 radical (unpaired) electrons. The first kappa shape index (κ1) is 21.1. The maximum absolute atomic E-state index is 13.9. The third-order valence-electron chi connectivity index (χ3n) is 5.91. The second-order valence-electron chi connectivity index (χ2n) is 7.93. The van der Waals surface area contributed by atoms with Gasteiger partial charge < -0.3 is 16.2 Å². The Balaban J connectivity index is 1.96. The summed E-state index contributed by atoms with van der Waals surface area (Å²) in [6, 6.07) is 11.4. The monoisotopic (exact) mass is 438 g/mol. The summed E-state index contributed by atoms with van der Waals surface area (Å²) < 4.78 is 29.5. The molecule has 0 saturated carbocycles. The number of aliphatic hydroxyl groups is 1. The molecule has 2 aliphatic rings. The lowest BCUT2D eigenvalue weighted by Crippen LogP contribution is -2.44. The molecule has 0 atom stereocenters. The number of hydrogen-bond donors (Lipinski definition) is 2. The van der Waals surface area contributed by atoms with E-state index in [4.69, 9.17) is 5.73 Å². The first-order valence-electron chi connectivity index (χ1n) is 10.3. The van der Waals surface area contributed by atoms with Crippen LogP contribution in [-0.2, 0) is 20.2 Å².